The van der Waals surface area contributed by atoms with E-state index in [4.69, 9.17) is 12.2 Å². The summed E-state index contributed by atoms with van der Waals surface area (Å²) in [6.45, 7) is 2.01. The first kappa shape index (κ1) is 8.19. The number of imidazole rings is 1. The van der Waals surface area contributed by atoms with E-state index in [2.05, 4.69) is 9.97 Å². The van der Waals surface area contributed by atoms with Gasteiger partial charge in [0.15, 0.2) is 4.77 Å². The number of rotatable bonds is 1. The van der Waals surface area contributed by atoms with Crippen LogP contribution in [0.25, 0.3) is 5.69 Å². The largest absolute Gasteiger partial charge is 0.337 e. The molecule has 2 aromatic heterocycles. The molecule has 66 valence electrons. The molecule has 0 aliphatic carbocycles. The standard InChI is InChI=1S/C9H9N3S/c1-7-4-8(6-10-5-7)12-3-2-11-9(12)13/h2-6H,1H3,(H,11,13). The molecule has 4 heteroatoms. The van der Waals surface area contributed by atoms with Gasteiger partial charge in [0.1, 0.15) is 0 Å². The number of pyridine rings is 1. The fraction of sp³-hybridized carbons (Fsp3) is 0.111. The number of aromatic nitrogens is 3. The third kappa shape index (κ3) is 1.53. The third-order valence-corrected chi connectivity index (χ3v) is 2.10. The van der Waals surface area contributed by atoms with Crippen LogP contribution in [-0.2, 0) is 0 Å². The van der Waals surface area contributed by atoms with Gasteiger partial charge in [-0.15, -0.1) is 0 Å². The molecule has 0 amide bonds. The second kappa shape index (κ2) is 3.14. The first-order valence-corrected chi connectivity index (χ1v) is 4.36. The average Bonchev–Trinajstić information content (AvgIpc) is 2.51. The highest BCUT2D eigenvalue weighted by atomic mass is 32.1. The lowest BCUT2D eigenvalue weighted by Gasteiger charge is -2.01. The fourth-order valence-corrected chi connectivity index (χ4v) is 1.43. The molecule has 0 fully saturated rings. The highest BCUT2D eigenvalue weighted by molar-refractivity contribution is 7.71. The zero-order valence-electron chi connectivity index (χ0n) is 7.19. The van der Waals surface area contributed by atoms with Crippen molar-refractivity contribution in [3.05, 3.63) is 41.2 Å². The maximum Gasteiger partial charge on any atom is 0.181 e. The SMILES string of the molecule is Cc1cncc(-n2cc[nH]c2=S)c1. The minimum atomic E-state index is 0.687. The van der Waals surface area contributed by atoms with E-state index in [0.717, 1.165) is 11.3 Å². The van der Waals surface area contributed by atoms with Crippen molar-refractivity contribution in [3.63, 3.8) is 0 Å². The number of nitrogens with one attached hydrogen (secondary N) is 1. The Hall–Kier alpha value is -1.42. The predicted octanol–water partition coefficient (Wildman–Crippen LogP) is 2.24. The highest BCUT2D eigenvalue weighted by Crippen LogP contribution is 2.07. The Morgan fingerprint density at radius 1 is 1.46 bits per heavy atom. The summed E-state index contributed by atoms with van der Waals surface area (Å²) in [5.74, 6) is 0. The Kier molecular flexibility index (Phi) is 1.98. The van der Waals surface area contributed by atoms with Gasteiger partial charge in [-0.2, -0.15) is 0 Å². The summed E-state index contributed by atoms with van der Waals surface area (Å²) >= 11 is 5.09. The normalized spacial score (nSPS) is 10.2. The van der Waals surface area contributed by atoms with Crippen molar-refractivity contribution in [1.82, 2.24) is 14.5 Å². The van der Waals surface area contributed by atoms with Crippen LogP contribution in [0.2, 0.25) is 0 Å². The van der Waals surface area contributed by atoms with E-state index in [1.807, 2.05) is 36.1 Å². The molecular formula is C9H9N3S. The van der Waals surface area contributed by atoms with Crippen molar-refractivity contribution in [3.8, 4) is 5.69 Å². The maximum atomic E-state index is 5.09. The topological polar surface area (TPSA) is 33.6 Å². The van der Waals surface area contributed by atoms with Crippen molar-refractivity contribution in [2.45, 2.75) is 6.92 Å². The van der Waals surface area contributed by atoms with Crippen molar-refractivity contribution in [2.24, 2.45) is 0 Å². The van der Waals surface area contributed by atoms with Crippen LogP contribution in [0.5, 0.6) is 0 Å². The second-order valence-corrected chi connectivity index (χ2v) is 3.24. The molecule has 3 nitrogen and oxygen atoms in total. The van der Waals surface area contributed by atoms with Crippen LogP contribution in [0, 0.1) is 11.7 Å². The molecule has 0 aliphatic rings. The quantitative estimate of drug-likeness (QED) is 0.701. The van der Waals surface area contributed by atoms with Crippen molar-refractivity contribution >= 4 is 12.2 Å². The van der Waals surface area contributed by atoms with E-state index in [-0.39, 0.29) is 0 Å². The smallest absolute Gasteiger partial charge is 0.181 e. The van der Waals surface area contributed by atoms with Gasteiger partial charge in [0.2, 0.25) is 0 Å². The molecule has 0 aromatic carbocycles. The minimum absolute atomic E-state index is 0.687. The van der Waals surface area contributed by atoms with Crippen LogP contribution in [0.15, 0.2) is 30.9 Å². The van der Waals surface area contributed by atoms with Gasteiger partial charge in [-0.05, 0) is 30.8 Å². The van der Waals surface area contributed by atoms with Crippen LogP contribution < -0.4 is 0 Å². The van der Waals surface area contributed by atoms with E-state index in [9.17, 15) is 0 Å². The number of aryl methyl sites for hydroxylation is 1. The number of H-pyrrole nitrogens is 1. The monoisotopic (exact) mass is 191 g/mol. The van der Waals surface area contributed by atoms with E-state index >= 15 is 0 Å². The summed E-state index contributed by atoms with van der Waals surface area (Å²) < 4.78 is 2.57. The number of nitrogens with zero attached hydrogens (tertiary/aromatic N) is 2. The van der Waals surface area contributed by atoms with Crippen LogP contribution >= 0.6 is 12.2 Å². The fourth-order valence-electron chi connectivity index (χ4n) is 1.19. The van der Waals surface area contributed by atoms with Gasteiger partial charge in [-0.3, -0.25) is 9.55 Å². The second-order valence-electron chi connectivity index (χ2n) is 2.86. The lowest BCUT2D eigenvalue weighted by molar-refractivity contribution is 1.01. The molecular weight excluding hydrogens is 182 g/mol. The Balaban J connectivity index is 2.59. The summed E-state index contributed by atoms with van der Waals surface area (Å²) in [6.07, 6.45) is 7.31. The van der Waals surface area contributed by atoms with Gasteiger partial charge in [-0.25, -0.2) is 0 Å². The molecule has 13 heavy (non-hydrogen) atoms. The van der Waals surface area contributed by atoms with Crippen molar-refractivity contribution < 1.29 is 0 Å². The van der Waals surface area contributed by atoms with Crippen LogP contribution in [-0.4, -0.2) is 14.5 Å². The van der Waals surface area contributed by atoms with Gasteiger partial charge in [0.25, 0.3) is 0 Å². The summed E-state index contributed by atoms with van der Waals surface area (Å²) in [4.78, 5) is 7.04. The van der Waals surface area contributed by atoms with Crippen molar-refractivity contribution in [2.75, 3.05) is 0 Å². The zero-order valence-corrected chi connectivity index (χ0v) is 8.01. The van der Waals surface area contributed by atoms with E-state index in [0.29, 0.717) is 4.77 Å². The lowest BCUT2D eigenvalue weighted by Crippen LogP contribution is -1.93. The lowest BCUT2D eigenvalue weighted by atomic mass is 10.3. The molecule has 0 spiro atoms. The van der Waals surface area contributed by atoms with Gasteiger partial charge in [0, 0.05) is 18.6 Å². The summed E-state index contributed by atoms with van der Waals surface area (Å²) in [5, 5.41) is 0. The first-order valence-electron chi connectivity index (χ1n) is 3.95. The first-order chi connectivity index (χ1) is 6.27. The molecule has 2 aromatic rings. The molecule has 0 saturated carbocycles. The number of hydrogen-bond donors (Lipinski definition) is 1. The van der Waals surface area contributed by atoms with Gasteiger partial charge in [-0.1, -0.05) is 0 Å². The van der Waals surface area contributed by atoms with E-state index in [1.54, 1.807) is 6.20 Å². The highest BCUT2D eigenvalue weighted by Gasteiger charge is 1.96. The molecule has 2 heterocycles. The average molecular weight is 191 g/mol. The summed E-state index contributed by atoms with van der Waals surface area (Å²) in [6, 6.07) is 2.04. The third-order valence-electron chi connectivity index (χ3n) is 1.79. The van der Waals surface area contributed by atoms with Crippen molar-refractivity contribution in [1.29, 1.82) is 0 Å². The van der Waals surface area contributed by atoms with E-state index in [1.165, 1.54) is 0 Å². The minimum Gasteiger partial charge on any atom is -0.337 e. The Bertz CT molecular complexity index is 469. The molecule has 0 radical (unpaired) electrons. The maximum absolute atomic E-state index is 5.09. The van der Waals surface area contributed by atoms with Gasteiger partial charge < -0.3 is 4.98 Å². The van der Waals surface area contributed by atoms with Crippen LogP contribution in [0.1, 0.15) is 5.56 Å². The van der Waals surface area contributed by atoms with Gasteiger partial charge in [0.05, 0.1) is 11.9 Å². The van der Waals surface area contributed by atoms with Crippen LogP contribution in [0.3, 0.4) is 0 Å². The van der Waals surface area contributed by atoms with Gasteiger partial charge >= 0.3 is 0 Å². The number of hydrogen-bond acceptors (Lipinski definition) is 2. The Morgan fingerprint density at radius 3 is 2.92 bits per heavy atom. The van der Waals surface area contributed by atoms with Crippen LogP contribution in [0.4, 0.5) is 0 Å². The number of aromatic amines is 1. The molecule has 0 aliphatic heterocycles. The molecule has 1 N–H and O–H groups in total. The van der Waals surface area contributed by atoms with E-state index < -0.39 is 0 Å². The Labute approximate surface area is 81.1 Å². The molecule has 0 atom stereocenters. The summed E-state index contributed by atoms with van der Waals surface area (Å²) in [7, 11) is 0. The Morgan fingerprint density at radius 2 is 2.31 bits per heavy atom. The molecule has 0 unspecified atom stereocenters. The molecule has 2 rings (SSSR count). The molecule has 0 bridgehead atoms. The zero-order chi connectivity index (χ0) is 9.26. The predicted molar refractivity (Wildman–Crippen MR) is 53.5 cm³/mol. The summed E-state index contributed by atoms with van der Waals surface area (Å²) in [5.41, 5.74) is 2.12. The molecule has 0 saturated heterocycles.